The molecule has 100 valence electrons. The van der Waals surface area contributed by atoms with Gasteiger partial charge in [0.2, 0.25) is 0 Å². The second-order valence-electron chi connectivity index (χ2n) is 3.81. The third-order valence-electron chi connectivity index (χ3n) is 2.52. The van der Waals surface area contributed by atoms with Gasteiger partial charge in [-0.05, 0) is 24.3 Å². The van der Waals surface area contributed by atoms with Crippen LogP contribution in [0.4, 0.5) is 5.69 Å². The summed E-state index contributed by atoms with van der Waals surface area (Å²) < 4.78 is 5.20. The van der Waals surface area contributed by atoms with Crippen LogP contribution in [0.25, 0.3) is 0 Å². The number of carboxylic acid groups (broad SMARTS) is 1. The Labute approximate surface area is 119 Å². The van der Waals surface area contributed by atoms with Gasteiger partial charge in [0, 0.05) is 16.8 Å². The number of thiophene rings is 1. The molecular formula is C13H12ClNO3S. The monoisotopic (exact) mass is 297 g/mol. The van der Waals surface area contributed by atoms with Crippen molar-refractivity contribution < 1.29 is 14.6 Å². The molecule has 0 spiro atoms. The molecule has 0 aliphatic rings. The second-order valence-corrected chi connectivity index (χ2v) is 5.24. The lowest BCUT2D eigenvalue weighted by Crippen LogP contribution is -2.03. The van der Waals surface area contributed by atoms with Gasteiger partial charge in [-0.15, -0.1) is 11.3 Å². The first-order valence-corrected chi connectivity index (χ1v) is 6.74. The standard InChI is InChI=1S/C13H12ClNO3S/c1-18-12-3-2-8(13(16)17)4-11(12)15-6-10-5-9(14)7-19-10/h2-5,7,15H,6H2,1H3,(H,16,17). The van der Waals surface area contributed by atoms with E-state index in [1.54, 1.807) is 30.6 Å². The fourth-order valence-corrected chi connectivity index (χ4v) is 2.62. The van der Waals surface area contributed by atoms with Gasteiger partial charge in [0.1, 0.15) is 5.75 Å². The van der Waals surface area contributed by atoms with Crippen molar-refractivity contribution in [1.82, 2.24) is 0 Å². The van der Waals surface area contributed by atoms with Crippen LogP contribution in [-0.2, 0) is 6.54 Å². The van der Waals surface area contributed by atoms with Crippen LogP contribution in [0.15, 0.2) is 29.6 Å². The van der Waals surface area contributed by atoms with E-state index in [0.717, 1.165) is 4.88 Å². The number of benzene rings is 1. The lowest BCUT2D eigenvalue weighted by Gasteiger charge is -2.11. The molecule has 0 saturated carbocycles. The maximum Gasteiger partial charge on any atom is 0.335 e. The number of methoxy groups -OCH3 is 1. The number of rotatable bonds is 5. The van der Waals surface area contributed by atoms with Crippen LogP contribution in [0.3, 0.4) is 0 Å². The Morgan fingerprint density at radius 3 is 2.84 bits per heavy atom. The summed E-state index contributed by atoms with van der Waals surface area (Å²) in [4.78, 5) is 12.0. The van der Waals surface area contributed by atoms with Crippen molar-refractivity contribution in [2.45, 2.75) is 6.54 Å². The maximum atomic E-state index is 10.9. The lowest BCUT2D eigenvalue weighted by molar-refractivity contribution is 0.0697. The van der Waals surface area contributed by atoms with Crippen molar-refractivity contribution >= 4 is 34.6 Å². The maximum absolute atomic E-state index is 10.9. The number of anilines is 1. The molecule has 1 heterocycles. The van der Waals surface area contributed by atoms with E-state index >= 15 is 0 Å². The zero-order valence-corrected chi connectivity index (χ0v) is 11.7. The quantitative estimate of drug-likeness (QED) is 0.883. The van der Waals surface area contributed by atoms with Crippen molar-refractivity contribution in [2.24, 2.45) is 0 Å². The molecule has 0 bridgehead atoms. The third-order valence-corrected chi connectivity index (χ3v) is 3.81. The highest BCUT2D eigenvalue weighted by molar-refractivity contribution is 7.10. The molecular weight excluding hydrogens is 286 g/mol. The molecule has 4 nitrogen and oxygen atoms in total. The van der Waals surface area contributed by atoms with Crippen molar-refractivity contribution in [2.75, 3.05) is 12.4 Å². The van der Waals surface area contributed by atoms with Gasteiger partial charge >= 0.3 is 5.97 Å². The summed E-state index contributed by atoms with van der Waals surface area (Å²) in [7, 11) is 1.54. The number of hydrogen-bond donors (Lipinski definition) is 2. The zero-order chi connectivity index (χ0) is 13.8. The van der Waals surface area contributed by atoms with Gasteiger partial charge in [-0.3, -0.25) is 0 Å². The summed E-state index contributed by atoms with van der Waals surface area (Å²) in [5.74, 6) is -0.363. The molecule has 1 aromatic heterocycles. The fraction of sp³-hybridized carbons (Fsp3) is 0.154. The van der Waals surface area contributed by atoms with Crippen molar-refractivity contribution in [3.05, 3.63) is 45.1 Å². The van der Waals surface area contributed by atoms with Crippen LogP contribution in [0.2, 0.25) is 5.02 Å². The number of ether oxygens (including phenoxy) is 1. The van der Waals surface area contributed by atoms with Crippen molar-refractivity contribution in [1.29, 1.82) is 0 Å². The van der Waals surface area contributed by atoms with Crippen LogP contribution in [0, 0.1) is 0 Å². The molecule has 0 unspecified atom stereocenters. The van der Waals surface area contributed by atoms with E-state index in [0.29, 0.717) is 23.0 Å². The molecule has 0 aliphatic heterocycles. The predicted octanol–water partition coefficient (Wildman–Crippen LogP) is 3.72. The van der Waals surface area contributed by atoms with E-state index in [1.165, 1.54) is 6.07 Å². The smallest absolute Gasteiger partial charge is 0.335 e. The van der Waals surface area contributed by atoms with Crippen LogP contribution in [-0.4, -0.2) is 18.2 Å². The Bertz CT molecular complexity index is 597. The third kappa shape index (κ3) is 3.39. The summed E-state index contributed by atoms with van der Waals surface area (Å²) in [5, 5.41) is 14.7. The molecule has 1 aromatic carbocycles. The van der Waals surface area contributed by atoms with Gasteiger partial charge in [-0.25, -0.2) is 4.79 Å². The lowest BCUT2D eigenvalue weighted by atomic mass is 10.2. The Hall–Kier alpha value is -1.72. The normalized spacial score (nSPS) is 10.2. The number of nitrogens with one attached hydrogen (secondary N) is 1. The number of carbonyl (C=O) groups is 1. The van der Waals surface area contributed by atoms with Crippen LogP contribution in [0.1, 0.15) is 15.2 Å². The van der Waals surface area contributed by atoms with E-state index < -0.39 is 5.97 Å². The number of hydrogen-bond acceptors (Lipinski definition) is 4. The molecule has 6 heteroatoms. The number of carboxylic acids is 1. The highest BCUT2D eigenvalue weighted by Gasteiger charge is 2.09. The minimum Gasteiger partial charge on any atom is -0.495 e. The zero-order valence-electron chi connectivity index (χ0n) is 10.1. The molecule has 0 radical (unpaired) electrons. The highest BCUT2D eigenvalue weighted by Crippen LogP contribution is 2.27. The van der Waals surface area contributed by atoms with Gasteiger partial charge in [0.25, 0.3) is 0 Å². The minimum atomic E-state index is -0.968. The average Bonchev–Trinajstić information content (AvgIpc) is 2.81. The van der Waals surface area contributed by atoms with Crippen molar-refractivity contribution in [3.63, 3.8) is 0 Å². The van der Waals surface area contributed by atoms with E-state index in [1.807, 2.05) is 11.4 Å². The molecule has 19 heavy (non-hydrogen) atoms. The summed E-state index contributed by atoms with van der Waals surface area (Å²) in [6, 6.07) is 6.56. The van der Waals surface area contributed by atoms with Gasteiger partial charge in [-0.2, -0.15) is 0 Å². The fourth-order valence-electron chi connectivity index (χ4n) is 1.61. The first kappa shape index (κ1) is 13.7. The Morgan fingerprint density at radius 2 is 2.26 bits per heavy atom. The summed E-state index contributed by atoms with van der Waals surface area (Å²) in [5.41, 5.74) is 0.861. The summed E-state index contributed by atoms with van der Waals surface area (Å²) >= 11 is 7.39. The predicted molar refractivity (Wildman–Crippen MR) is 76.6 cm³/mol. The second kappa shape index (κ2) is 5.95. The SMILES string of the molecule is COc1ccc(C(=O)O)cc1NCc1cc(Cl)cs1. The molecule has 0 saturated heterocycles. The molecule has 0 fully saturated rings. The van der Waals surface area contributed by atoms with Gasteiger partial charge in [0.05, 0.1) is 23.4 Å². The largest absolute Gasteiger partial charge is 0.495 e. The van der Waals surface area contributed by atoms with Crippen LogP contribution < -0.4 is 10.1 Å². The molecule has 2 rings (SSSR count). The number of aromatic carboxylic acids is 1. The first-order chi connectivity index (χ1) is 9.10. The molecule has 2 aromatic rings. The van der Waals surface area contributed by atoms with E-state index in [9.17, 15) is 4.79 Å². The molecule has 0 aliphatic carbocycles. The number of halogens is 1. The van der Waals surface area contributed by atoms with E-state index in [2.05, 4.69) is 5.32 Å². The summed E-state index contributed by atoms with van der Waals surface area (Å²) in [6.45, 7) is 0.566. The Balaban J connectivity index is 2.17. The summed E-state index contributed by atoms with van der Waals surface area (Å²) in [6.07, 6.45) is 0. The molecule has 0 atom stereocenters. The van der Waals surface area contributed by atoms with E-state index in [4.69, 9.17) is 21.4 Å². The molecule has 0 amide bonds. The van der Waals surface area contributed by atoms with Gasteiger partial charge in [-0.1, -0.05) is 11.6 Å². The van der Waals surface area contributed by atoms with Crippen molar-refractivity contribution in [3.8, 4) is 5.75 Å². The highest BCUT2D eigenvalue weighted by atomic mass is 35.5. The molecule has 2 N–H and O–H groups in total. The minimum absolute atomic E-state index is 0.215. The Kier molecular flexibility index (Phi) is 4.29. The van der Waals surface area contributed by atoms with E-state index in [-0.39, 0.29) is 5.56 Å². The Morgan fingerprint density at radius 1 is 1.47 bits per heavy atom. The first-order valence-electron chi connectivity index (χ1n) is 5.48. The topological polar surface area (TPSA) is 58.6 Å². The average molecular weight is 298 g/mol. The van der Waals surface area contributed by atoms with Gasteiger partial charge < -0.3 is 15.2 Å². The van der Waals surface area contributed by atoms with Crippen LogP contribution >= 0.6 is 22.9 Å². The van der Waals surface area contributed by atoms with Gasteiger partial charge in [0.15, 0.2) is 0 Å². The van der Waals surface area contributed by atoms with Crippen LogP contribution in [0.5, 0.6) is 5.75 Å².